The Labute approximate surface area is 344 Å². The van der Waals surface area contributed by atoms with E-state index in [0.717, 1.165) is 36.8 Å². The normalized spacial score (nSPS) is 16.1. The molecule has 0 aliphatic carbocycles. The minimum atomic E-state index is -2.41. The lowest BCUT2D eigenvalue weighted by molar-refractivity contribution is -0.134. The standard InChI is InChI=1S/C47H60F2N2O6Si/c1-8-10-29-54-38-25-26-39(43(31-38)55-30-11-9-2)44(50-37-23-21-36(49)22-24-37)40(45(52)51-41(32-56-46(51)53)33-15-13-12-14-16-33)27-28-42(34-17-19-35(48)20-18-34)57-58(6,7)47(3,4)5/h12-26,31,40-42,44,50H,8-11,27-30,32H2,1-7H3/t40-,41-,42+,44-/m1/s1. The monoisotopic (exact) mass is 814 g/mol. The van der Waals surface area contributed by atoms with E-state index in [1.165, 1.54) is 29.2 Å². The highest BCUT2D eigenvalue weighted by Crippen LogP contribution is 2.44. The van der Waals surface area contributed by atoms with Crippen LogP contribution in [0.25, 0.3) is 0 Å². The minimum absolute atomic E-state index is 0.0131. The van der Waals surface area contributed by atoms with Crippen LogP contribution in [0.2, 0.25) is 18.1 Å². The summed E-state index contributed by atoms with van der Waals surface area (Å²) in [5, 5.41) is 3.44. The fourth-order valence-electron chi connectivity index (χ4n) is 6.80. The molecular weight excluding hydrogens is 755 g/mol. The van der Waals surface area contributed by atoms with Gasteiger partial charge in [-0.25, -0.2) is 18.5 Å². The molecule has 1 fully saturated rings. The molecule has 4 aromatic rings. The van der Waals surface area contributed by atoms with Crippen LogP contribution in [0.15, 0.2) is 97.1 Å². The summed E-state index contributed by atoms with van der Waals surface area (Å²) in [6.45, 7) is 16.0. The maximum absolute atomic E-state index is 15.4. The van der Waals surface area contributed by atoms with Crippen molar-refractivity contribution >= 4 is 26.0 Å². The molecule has 0 saturated carbocycles. The first-order valence-electron chi connectivity index (χ1n) is 20.6. The lowest BCUT2D eigenvalue weighted by Crippen LogP contribution is -2.43. The maximum Gasteiger partial charge on any atom is 0.417 e. The highest BCUT2D eigenvalue weighted by molar-refractivity contribution is 6.74. The highest BCUT2D eigenvalue weighted by Gasteiger charge is 2.45. The summed E-state index contributed by atoms with van der Waals surface area (Å²) in [4.78, 5) is 30.3. The molecule has 0 aromatic heterocycles. The van der Waals surface area contributed by atoms with Crippen molar-refractivity contribution in [3.8, 4) is 11.5 Å². The van der Waals surface area contributed by atoms with Gasteiger partial charge in [-0.05, 0) is 103 Å². The number of carbonyl (C=O) groups excluding carboxylic acids is 2. The fourth-order valence-corrected chi connectivity index (χ4v) is 8.12. The van der Waals surface area contributed by atoms with Crippen LogP contribution >= 0.6 is 0 Å². The number of benzene rings is 4. The second-order valence-electron chi connectivity index (χ2n) is 16.5. The van der Waals surface area contributed by atoms with Crippen molar-refractivity contribution in [2.24, 2.45) is 5.92 Å². The van der Waals surface area contributed by atoms with Crippen molar-refractivity contribution in [1.29, 1.82) is 0 Å². The lowest BCUT2D eigenvalue weighted by Gasteiger charge is -2.40. The zero-order chi connectivity index (χ0) is 41.9. The van der Waals surface area contributed by atoms with Gasteiger partial charge in [0.1, 0.15) is 35.8 Å². The number of anilines is 1. The molecular formula is C47H60F2N2O6Si. The van der Waals surface area contributed by atoms with Gasteiger partial charge < -0.3 is 24.0 Å². The average molecular weight is 815 g/mol. The van der Waals surface area contributed by atoms with Crippen LogP contribution in [0, 0.1) is 17.6 Å². The quantitative estimate of drug-likeness (QED) is 0.0702. The molecule has 5 rings (SSSR count). The number of ether oxygens (including phenoxy) is 3. The van der Waals surface area contributed by atoms with Crippen LogP contribution in [0.5, 0.6) is 11.5 Å². The molecule has 1 N–H and O–H groups in total. The summed E-state index contributed by atoms with van der Waals surface area (Å²) in [7, 11) is -2.41. The van der Waals surface area contributed by atoms with E-state index in [2.05, 4.69) is 53.0 Å². The van der Waals surface area contributed by atoms with Crippen molar-refractivity contribution in [3.05, 3.63) is 125 Å². The third-order valence-electron chi connectivity index (χ3n) is 11.2. The number of hydrogen-bond acceptors (Lipinski definition) is 7. The van der Waals surface area contributed by atoms with E-state index in [9.17, 15) is 13.6 Å². The lowest BCUT2D eigenvalue weighted by atomic mass is 9.85. The van der Waals surface area contributed by atoms with Gasteiger partial charge in [0.2, 0.25) is 5.91 Å². The van der Waals surface area contributed by atoms with E-state index in [0.29, 0.717) is 42.4 Å². The topological polar surface area (TPSA) is 86.3 Å². The summed E-state index contributed by atoms with van der Waals surface area (Å²) in [6, 6.07) is 25.9. The van der Waals surface area contributed by atoms with Gasteiger partial charge in [0.15, 0.2) is 8.32 Å². The second kappa shape index (κ2) is 20.3. The smallest absolute Gasteiger partial charge is 0.417 e. The number of nitrogens with one attached hydrogen (secondary N) is 1. The van der Waals surface area contributed by atoms with Crippen LogP contribution < -0.4 is 14.8 Å². The van der Waals surface area contributed by atoms with Gasteiger partial charge in [-0.2, -0.15) is 0 Å². The molecule has 0 unspecified atom stereocenters. The van der Waals surface area contributed by atoms with Gasteiger partial charge in [-0.1, -0.05) is 89.9 Å². The highest BCUT2D eigenvalue weighted by atomic mass is 28.4. The Morgan fingerprint density at radius 2 is 1.48 bits per heavy atom. The van der Waals surface area contributed by atoms with E-state index in [-0.39, 0.29) is 23.9 Å². The first kappa shape index (κ1) is 44.4. The Morgan fingerprint density at radius 1 is 0.862 bits per heavy atom. The van der Waals surface area contributed by atoms with E-state index in [4.69, 9.17) is 18.6 Å². The van der Waals surface area contributed by atoms with Gasteiger partial charge >= 0.3 is 6.09 Å². The van der Waals surface area contributed by atoms with Gasteiger partial charge in [0, 0.05) is 17.3 Å². The molecule has 312 valence electrons. The Bertz CT molecular complexity index is 1920. The number of nitrogens with zero attached hydrogens (tertiary/aromatic N) is 1. The SMILES string of the molecule is CCCCOc1ccc([C@@H](Nc2ccc(F)cc2)[C@@H](CC[C@H](O[Si](C)(C)C(C)(C)C)c2ccc(F)cc2)C(=O)N2C(=O)OC[C@@H]2c2ccccc2)c(OCCCC)c1. The minimum Gasteiger partial charge on any atom is -0.493 e. The fraction of sp³-hybridized carbons (Fsp3) is 0.447. The van der Waals surface area contributed by atoms with Crippen LogP contribution in [-0.4, -0.2) is 45.0 Å². The zero-order valence-corrected chi connectivity index (χ0v) is 36.1. The summed E-state index contributed by atoms with van der Waals surface area (Å²) >= 11 is 0. The van der Waals surface area contributed by atoms with Gasteiger partial charge in [0.05, 0.1) is 31.3 Å². The van der Waals surface area contributed by atoms with E-state index >= 15 is 4.79 Å². The van der Waals surface area contributed by atoms with Crippen LogP contribution in [0.3, 0.4) is 0 Å². The number of rotatable bonds is 20. The van der Waals surface area contributed by atoms with Crippen LogP contribution in [-0.2, 0) is 14.0 Å². The summed E-state index contributed by atoms with van der Waals surface area (Å²) in [5.41, 5.74) is 2.81. The number of amides is 2. The molecule has 0 spiro atoms. The van der Waals surface area contributed by atoms with Crippen molar-refractivity contribution in [2.45, 2.75) is 109 Å². The largest absolute Gasteiger partial charge is 0.493 e. The van der Waals surface area contributed by atoms with Crippen molar-refractivity contribution < 1.29 is 37.0 Å². The molecule has 1 heterocycles. The molecule has 11 heteroatoms. The Kier molecular flexibility index (Phi) is 15.5. The van der Waals surface area contributed by atoms with Crippen molar-refractivity contribution in [3.63, 3.8) is 0 Å². The Balaban J connectivity index is 1.66. The number of cyclic esters (lactones) is 1. The summed E-state index contributed by atoms with van der Waals surface area (Å²) < 4.78 is 53.9. The van der Waals surface area contributed by atoms with E-state index < -0.39 is 50.2 Å². The number of imide groups is 1. The number of halogens is 2. The summed E-state index contributed by atoms with van der Waals surface area (Å²) in [5.74, 6) is -0.933. The van der Waals surface area contributed by atoms with Crippen molar-refractivity contribution in [1.82, 2.24) is 4.90 Å². The van der Waals surface area contributed by atoms with Crippen LogP contribution in [0.4, 0.5) is 19.3 Å². The molecule has 0 radical (unpaired) electrons. The third-order valence-corrected chi connectivity index (χ3v) is 15.7. The molecule has 58 heavy (non-hydrogen) atoms. The maximum atomic E-state index is 15.4. The average Bonchev–Trinajstić information content (AvgIpc) is 3.59. The molecule has 4 aromatic carbocycles. The Hall–Kier alpha value is -4.74. The molecule has 8 nitrogen and oxygen atoms in total. The molecule has 2 amide bonds. The molecule has 1 aliphatic heterocycles. The van der Waals surface area contributed by atoms with Crippen molar-refractivity contribution in [2.75, 3.05) is 25.1 Å². The third kappa shape index (κ3) is 11.5. The first-order valence-corrected chi connectivity index (χ1v) is 23.5. The number of hydrogen-bond donors (Lipinski definition) is 1. The molecule has 1 aliphatic rings. The first-order chi connectivity index (χ1) is 27.7. The van der Waals surface area contributed by atoms with E-state index in [1.807, 2.05) is 48.5 Å². The second-order valence-corrected chi connectivity index (χ2v) is 21.3. The number of carbonyl (C=O) groups is 2. The zero-order valence-electron chi connectivity index (χ0n) is 35.1. The van der Waals surface area contributed by atoms with Gasteiger partial charge in [0.25, 0.3) is 0 Å². The molecule has 4 atom stereocenters. The van der Waals surface area contributed by atoms with E-state index in [1.54, 1.807) is 24.3 Å². The van der Waals surface area contributed by atoms with Gasteiger partial charge in [-0.3, -0.25) is 4.79 Å². The molecule has 1 saturated heterocycles. The van der Waals surface area contributed by atoms with Gasteiger partial charge in [-0.15, -0.1) is 0 Å². The van der Waals surface area contributed by atoms with Crippen LogP contribution in [0.1, 0.15) is 108 Å². The predicted molar refractivity (Wildman–Crippen MR) is 228 cm³/mol. The predicted octanol–water partition coefficient (Wildman–Crippen LogP) is 12.4. The Morgan fingerprint density at radius 3 is 2.10 bits per heavy atom. The summed E-state index contributed by atoms with van der Waals surface area (Å²) in [6.07, 6.45) is 2.97. The molecule has 0 bridgehead atoms. The number of unbranched alkanes of at least 4 members (excludes halogenated alkanes) is 2.